The van der Waals surface area contributed by atoms with Gasteiger partial charge in [-0.25, -0.2) is 4.98 Å². The lowest BCUT2D eigenvalue weighted by Gasteiger charge is -2.01. The number of rotatable bonds is 5. The van der Waals surface area contributed by atoms with E-state index in [4.69, 9.17) is 16.0 Å². The van der Waals surface area contributed by atoms with Crippen molar-refractivity contribution in [3.8, 4) is 11.3 Å². The Morgan fingerprint density at radius 2 is 2.22 bits per heavy atom. The first-order valence-electron chi connectivity index (χ1n) is 6.12. The number of hydrogen-bond acceptors (Lipinski definition) is 3. The molecule has 1 heterocycles. The van der Waals surface area contributed by atoms with E-state index in [1.807, 2.05) is 25.1 Å². The predicted octanol–water partition coefficient (Wildman–Crippen LogP) is 3.46. The van der Waals surface area contributed by atoms with Crippen LogP contribution < -0.4 is 5.32 Å². The maximum atomic E-state index is 6.20. The molecule has 0 saturated heterocycles. The summed E-state index contributed by atoms with van der Waals surface area (Å²) in [7, 11) is 0. The normalized spacial score (nSPS) is 10.8. The molecule has 0 radical (unpaired) electrons. The topological polar surface area (TPSA) is 38.1 Å². The number of aryl methyl sites for hydroxylation is 1. The van der Waals surface area contributed by atoms with Crippen LogP contribution in [0.5, 0.6) is 0 Å². The number of nitrogens with zero attached hydrogens (tertiary/aromatic N) is 1. The Morgan fingerprint density at radius 1 is 1.39 bits per heavy atom. The van der Waals surface area contributed by atoms with Gasteiger partial charge in [-0.2, -0.15) is 0 Å². The molecule has 0 amide bonds. The minimum atomic E-state index is 0.699. The fraction of sp³-hybridized carbons (Fsp3) is 0.357. The summed E-state index contributed by atoms with van der Waals surface area (Å²) in [4.78, 5) is 4.26. The van der Waals surface area contributed by atoms with Crippen LogP contribution in [0.2, 0.25) is 5.02 Å². The number of oxazole rings is 1. The Hall–Kier alpha value is -1.32. The third kappa shape index (κ3) is 3.12. The summed E-state index contributed by atoms with van der Waals surface area (Å²) in [5, 5.41) is 3.94. The second-order valence-corrected chi connectivity index (χ2v) is 4.61. The Morgan fingerprint density at radius 3 is 2.94 bits per heavy atom. The number of likely N-dealkylation sites (N-methyl/N-ethyl adjacent to an activating group) is 1. The second-order valence-electron chi connectivity index (χ2n) is 4.21. The van der Waals surface area contributed by atoms with Crippen LogP contribution in [0.15, 0.2) is 28.8 Å². The molecule has 0 aliphatic rings. The molecule has 0 aliphatic carbocycles. The van der Waals surface area contributed by atoms with Gasteiger partial charge in [-0.05, 0) is 31.2 Å². The minimum Gasteiger partial charge on any atom is -0.441 e. The first-order chi connectivity index (χ1) is 8.70. The van der Waals surface area contributed by atoms with Gasteiger partial charge in [-0.3, -0.25) is 0 Å². The lowest BCUT2D eigenvalue weighted by molar-refractivity contribution is 0.497. The molecular formula is C14H17ClN2O. The van der Waals surface area contributed by atoms with Crippen molar-refractivity contribution < 1.29 is 4.42 Å². The zero-order valence-electron chi connectivity index (χ0n) is 10.7. The molecule has 1 aromatic heterocycles. The van der Waals surface area contributed by atoms with E-state index < -0.39 is 0 Å². The minimum absolute atomic E-state index is 0.699. The summed E-state index contributed by atoms with van der Waals surface area (Å²) >= 11 is 6.20. The van der Waals surface area contributed by atoms with Gasteiger partial charge in [0.25, 0.3) is 0 Å². The molecule has 1 aromatic carbocycles. The van der Waals surface area contributed by atoms with E-state index in [2.05, 4.69) is 17.2 Å². The van der Waals surface area contributed by atoms with E-state index in [-0.39, 0.29) is 0 Å². The van der Waals surface area contributed by atoms with Gasteiger partial charge in [0.15, 0.2) is 11.7 Å². The second kappa shape index (κ2) is 6.03. The summed E-state index contributed by atoms with van der Waals surface area (Å²) in [5.41, 5.74) is 2.03. The zero-order valence-corrected chi connectivity index (χ0v) is 11.4. The van der Waals surface area contributed by atoms with Crippen molar-refractivity contribution in [3.05, 3.63) is 40.9 Å². The van der Waals surface area contributed by atoms with Gasteiger partial charge < -0.3 is 9.73 Å². The first kappa shape index (κ1) is 13.1. The van der Waals surface area contributed by atoms with E-state index in [9.17, 15) is 0 Å². The van der Waals surface area contributed by atoms with Gasteiger partial charge in [0.05, 0.1) is 11.2 Å². The highest BCUT2D eigenvalue weighted by atomic mass is 35.5. The third-order valence-corrected chi connectivity index (χ3v) is 3.02. The first-order valence-corrected chi connectivity index (χ1v) is 6.50. The monoisotopic (exact) mass is 264 g/mol. The van der Waals surface area contributed by atoms with Crippen molar-refractivity contribution >= 4 is 11.6 Å². The van der Waals surface area contributed by atoms with Crippen LogP contribution in [0.3, 0.4) is 0 Å². The molecule has 2 aromatic rings. The molecule has 3 nitrogen and oxygen atoms in total. The van der Waals surface area contributed by atoms with E-state index in [0.29, 0.717) is 5.02 Å². The molecule has 4 heteroatoms. The van der Waals surface area contributed by atoms with E-state index in [1.165, 1.54) is 0 Å². The quantitative estimate of drug-likeness (QED) is 0.841. The highest BCUT2D eigenvalue weighted by Crippen LogP contribution is 2.29. The summed E-state index contributed by atoms with van der Waals surface area (Å²) in [6.45, 7) is 5.92. The van der Waals surface area contributed by atoms with Gasteiger partial charge in [0.2, 0.25) is 0 Å². The summed E-state index contributed by atoms with van der Waals surface area (Å²) in [5.74, 6) is 1.47. The molecule has 0 aliphatic heterocycles. The van der Waals surface area contributed by atoms with Crippen LogP contribution in [0, 0.1) is 6.92 Å². The van der Waals surface area contributed by atoms with E-state index in [0.717, 1.165) is 42.3 Å². The number of benzene rings is 1. The maximum absolute atomic E-state index is 6.20. The van der Waals surface area contributed by atoms with Crippen molar-refractivity contribution in [3.63, 3.8) is 0 Å². The highest BCUT2D eigenvalue weighted by Gasteiger charge is 2.09. The predicted molar refractivity (Wildman–Crippen MR) is 73.9 cm³/mol. The molecule has 0 spiro atoms. The fourth-order valence-electron chi connectivity index (χ4n) is 1.74. The largest absolute Gasteiger partial charge is 0.441 e. The van der Waals surface area contributed by atoms with Gasteiger partial charge in [-0.1, -0.05) is 24.6 Å². The highest BCUT2D eigenvalue weighted by molar-refractivity contribution is 6.33. The summed E-state index contributed by atoms with van der Waals surface area (Å²) in [6, 6.07) is 5.91. The van der Waals surface area contributed by atoms with Crippen molar-refractivity contribution in [2.45, 2.75) is 20.3 Å². The van der Waals surface area contributed by atoms with Crippen LogP contribution in [0.25, 0.3) is 11.3 Å². The van der Waals surface area contributed by atoms with Crippen LogP contribution in [0.4, 0.5) is 0 Å². The van der Waals surface area contributed by atoms with Crippen LogP contribution in [-0.4, -0.2) is 18.1 Å². The molecule has 18 heavy (non-hydrogen) atoms. The maximum Gasteiger partial charge on any atom is 0.196 e. The zero-order chi connectivity index (χ0) is 13.0. The molecule has 96 valence electrons. The Bertz CT molecular complexity index is 522. The SMILES string of the molecule is CCNCCc1ncc(-c2ccc(C)cc2Cl)o1. The molecule has 0 bridgehead atoms. The van der Waals surface area contributed by atoms with Crippen LogP contribution >= 0.6 is 11.6 Å². The summed E-state index contributed by atoms with van der Waals surface area (Å²) in [6.07, 6.45) is 2.52. The van der Waals surface area contributed by atoms with Gasteiger partial charge >= 0.3 is 0 Å². The van der Waals surface area contributed by atoms with Crippen molar-refractivity contribution in [2.75, 3.05) is 13.1 Å². The molecule has 0 fully saturated rings. The number of hydrogen-bond donors (Lipinski definition) is 1. The van der Waals surface area contributed by atoms with Crippen molar-refractivity contribution in [1.82, 2.24) is 10.3 Å². The van der Waals surface area contributed by atoms with Crippen LogP contribution in [-0.2, 0) is 6.42 Å². The molecule has 0 atom stereocenters. The molecule has 2 rings (SSSR count). The number of halogens is 1. The standard InChI is InChI=1S/C14H17ClN2O/c1-3-16-7-6-14-17-9-13(18-14)11-5-4-10(2)8-12(11)15/h4-5,8-9,16H,3,6-7H2,1-2H3. The van der Waals surface area contributed by atoms with Crippen molar-refractivity contribution in [2.24, 2.45) is 0 Å². The van der Waals surface area contributed by atoms with Gasteiger partial charge in [0, 0.05) is 18.5 Å². The van der Waals surface area contributed by atoms with E-state index >= 15 is 0 Å². The lowest BCUT2D eigenvalue weighted by Crippen LogP contribution is -2.16. The van der Waals surface area contributed by atoms with Gasteiger partial charge in [0.1, 0.15) is 0 Å². The molecule has 0 saturated carbocycles. The Kier molecular flexibility index (Phi) is 4.39. The smallest absolute Gasteiger partial charge is 0.196 e. The number of nitrogens with one attached hydrogen (secondary N) is 1. The average molecular weight is 265 g/mol. The van der Waals surface area contributed by atoms with E-state index in [1.54, 1.807) is 6.20 Å². The third-order valence-electron chi connectivity index (χ3n) is 2.71. The Balaban J connectivity index is 2.13. The fourth-order valence-corrected chi connectivity index (χ4v) is 2.07. The number of aromatic nitrogens is 1. The lowest BCUT2D eigenvalue weighted by atomic mass is 10.1. The molecule has 1 N–H and O–H groups in total. The molecular weight excluding hydrogens is 248 g/mol. The summed E-state index contributed by atoms with van der Waals surface area (Å²) < 4.78 is 5.70. The van der Waals surface area contributed by atoms with Crippen LogP contribution in [0.1, 0.15) is 18.4 Å². The Labute approximate surface area is 112 Å². The van der Waals surface area contributed by atoms with Gasteiger partial charge in [-0.15, -0.1) is 0 Å². The van der Waals surface area contributed by atoms with Crippen molar-refractivity contribution in [1.29, 1.82) is 0 Å². The average Bonchev–Trinajstić information content (AvgIpc) is 2.78. The molecule has 0 unspecified atom stereocenters.